The average Bonchev–Trinajstić information content (AvgIpc) is 2.93. The van der Waals surface area contributed by atoms with Crippen molar-refractivity contribution in [1.29, 1.82) is 0 Å². The Morgan fingerprint density at radius 3 is 3.00 bits per heavy atom. The molecule has 0 aliphatic carbocycles. The quantitative estimate of drug-likeness (QED) is 0.830. The van der Waals surface area contributed by atoms with Gasteiger partial charge in [-0.3, -0.25) is 9.69 Å². The van der Waals surface area contributed by atoms with Gasteiger partial charge in [0.2, 0.25) is 5.91 Å². The van der Waals surface area contributed by atoms with E-state index in [2.05, 4.69) is 27.1 Å². The first kappa shape index (κ1) is 16.1. The zero-order valence-electron chi connectivity index (χ0n) is 14.9. The molecular weight excluding hydrogens is 318 g/mol. The average molecular weight is 341 g/mol. The second-order valence-corrected chi connectivity index (χ2v) is 6.92. The van der Waals surface area contributed by atoms with Crippen LogP contribution in [0.1, 0.15) is 24.1 Å². The molecule has 1 aromatic carbocycles. The highest BCUT2D eigenvalue weighted by atomic mass is 16.5. The number of aryl methyl sites for hydroxylation is 1. The minimum absolute atomic E-state index is 0.0949. The van der Waals surface area contributed by atoms with Gasteiger partial charge in [0, 0.05) is 20.1 Å². The maximum Gasteiger partial charge on any atom is 0.233 e. The number of hydrogen-bond donors (Lipinski definition) is 0. The molecule has 1 atom stereocenters. The van der Waals surface area contributed by atoms with E-state index in [1.165, 1.54) is 5.56 Å². The number of aromatic nitrogens is 3. The SMILES string of the molecule is Cc1nc2n(n1)CCN(Cc1ccc3c(c1)N(C)C(=O)[C@@H](C)CO3)C2. The largest absolute Gasteiger partial charge is 0.491 e. The van der Waals surface area contributed by atoms with Crippen molar-refractivity contribution in [2.75, 3.05) is 25.1 Å². The van der Waals surface area contributed by atoms with E-state index >= 15 is 0 Å². The van der Waals surface area contributed by atoms with Crippen molar-refractivity contribution in [3.8, 4) is 5.75 Å². The molecule has 0 unspecified atom stereocenters. The van der Waals surface area contributed by atoms with E-state index in [-0.39, 0.29) is 11.8 Å². The van der Waals surface area contributed by atoms with Crippen LogP contribution < -0.4 is 9.64 Å². The first-order valence-corrected chi connectivity index (χ1v) is 8.67. The fourth-order valence-electron chi connectivity index (χ4n) is 3.48. The Bertz CT molecular complexity index is 816. The molecule has 25 heavy (non-hydrogen) atoms. The number of benzene rings is 1. The van der Waals surface area contributed by atoms with Gasteiger partial charge in [0.1, 0.15) is 17.4 Å². The predicted octanol–water partition coefficient (Wildman–Crippen LogP) is 1.59. The smallest absolute Gasteiger partial charge is 0.233 e. The summed E-state index contributed by atoms with van der Waals surface area (Å²) in [4.78, 5) is 20.9. The Labute approximate surface area is 147 Å². The summed E-state index contributed by atoms with van der Waals surface area (Å²) in [5, 5.41) is 4.40. The van der Waals surface area contributed by atoms with Gasteiger partial charge in [-0.25, -0.2) is 9.67 Å². The first-order valence-electron chi connectivity index (χ1n) is 8.67. The molecule has 132 valence electrons. The lowest BCUT2D eigenvalue weighted by atomic mass is 10.1. The van der Waals surface area contributed by atoms with Gasteiger partial charge in [-0.15, -0.1) is 0 Å². The zero-order valence-corrected chi connectivity index (χ0v) is 14.9. The molecule has 2 aliphatic heterocycles. The van der Waals surface area contributed by atoms with Crippen LogP contribution in [0.3, 0.4) is 0 Å². The molecule has 7 nitrogen and oxygen atoms in total. The minimum atomic E-state index is -0.127. The summed E-state index contributed by atoms with van der Waals surface area (Å²) >= 11 is 0. The number of carbonyl (C=O) groups excluding carboxylic acids is 1. The third kappa shape index (κ3) is 3.00. The molecule has 0 bridgehead atoms. The lowest BCUT2D eigenvalue weighted by Gasteiger charge is -2.27. The van der Waals surface area contributed by atoms with Gasteiger partial charge in [0.25, 0.3) is 0 Å². The molecule has 0 fully saturated rings. The summed E-state index contributed by atoms with van der Waals surface area (Å²) in [6.45, 7) is 7.66. The highest BCUT2D eigenvalue weighted by Gasteiger charge is 2.26. The summed E-state index contributed by atoms with van der Waals surface area (Å²) in [5.74, 6) is 2.59. The number of ether oxygens (including phenoxy) is 1. The third-order valence-corrected chi connectivity index (χ3v) is 4.88. The van der Waals surface area contributed by atoms with E-state index in [9.17, 15) is 4.79 Å². The van der Waals surface area contributed by atoms with E-state index in [1.807, 2.05) is 31.6 Å². The topological polar surface area (TPSA) is 63.5 Å². The van der Waals surface area contributed by atoms with Crippen LogP contribution in [0, 0.1) is 12.8 Å². The van der Waals surface area contributed by atoms with Gasteiger partial charge in [-0.05, 0) is 24.6 Å². The van der Waals surface area contributed by atoms with E-state index < -0.39 is 0 Å². The number of hydrogen-bond acceptors (Lipinski definition) is 5. The minimum Gasteiger partial charge on any atom is -0.491 e. The maximum absolute atomic E-state index is 12.4. The van der Waals surface area contributed by atoms with Crippen LogP contribution in [0.4, 0.5) is 5.69 Å². The summed E-state index contributed by atoms with van der Waals surface area (Å²) in [6.07, 6.45) is 0. The number of anilines is 1. The third-order valence-electron chi connectivity index (χ3n) is 4.88. The van der Waals surface area contributed by atoms with Crippen molar-refractivity contribution >= 4 is 11.6 Å². The number of nitrogens with zero attached hydrogens (tertiary/aromatic N) is 5. The summed E-state index contributed by atoms with van der Waals surface area (Å²) in [7, 11) is 1.82. The Hall–Kier alpha value is -2.41. The normalized spacial score (nSPS) is 20.7. The van der Waals surface area contributed by atoms with Crippen molar-refractivity contribution < 1.29 is 9.53 Å². The van der Waals surface area contributed by atoms with Crippen molar-refractivity contribution in [1.82, 2.24) is 19.7 Å². The number of fused-ring (bicyclic) bond motifs is 2. The van der Waals surface area contributed by atoms with Crippen LogP contribution in [-0.2, 0) is 24.4 Å². The fraction of sp³-hybridized carbons (Fsp3) is 0.500. The maximum atomic E-state index is 12.4. The second-order valence-electron chi connectivity index (χ2n) is 6.92. The molecule has 1 aromatic heterocycles. The molecule has 0 N–H and O–H groups in total. The van der Waals surface area contributed by atoms with E-state index in [0.29, 0.717) is 6.61 Å². The molecule has 0 spiro atoms. The summed E-state index contributed by atoms with van der Waals surface area (Å²) in [5.41, 5.74) is 2.02. The Morgan fingerprint density at radius 2 is 2.16 bits per heavy atom. The molecular formula is C18H23N5O2. The van der Waals surface area contributed by atoms with Crippen molar-refractivity contribution in [3.05, 3.63) is 35.4 Å². The van der Waals surface area contributed by atoms with E-state index in [0.717, 1.165) is 49.3 Å². The number of rotatable bonds is 2. The van der Waals surface area contributed by atoms with E-state index in [1.54, 1.807) is 4.90 Å². The molecule has 0 saturated heterocycles. The predicted molar refractivity (Wildman–Crippen MR) is 93.4 cm³/mol. The Balaban J connectivity index is 1.54. The fourth-order valence-corrected chi connectivity index (χ4v) is 3.48. The monoisotopic (exact) mass is 341 g/mol. The van der Waals surface area contributed by atoms with Crippen molar-refractivity contribution in [2.24, 2.45) is 5.92 Å². The lowest BCUT2D eigenvalue weighted by molar-refractivity contribution is -0.122. The van der Waals surface area contributed by atoms with Gasteiger partial charge in [-0.1, -0.05) is 13.0 Å². The molecule has 2 aliphatic rings. The molecule has 4 rings (SSSR count). The van der Waals surface area contributed by atoms with Crippen molar-refractivity contribution in [2.45, 2.75) is 33.5 Å². The van der Waals surface area contributed by atoms with Crippen LogP contribution in [-0.4, -0.2) is 45.8 Å². The van der Waals surface area contributed by atoms with Crippen LogP contribution >= 0.6 is 0 Å². The van der Waals surface area contributed by atoms with Gasteiger partial charge in [-0.2, -0.15) is 5.10 Å². The van der Waals surface area contributed by atoms with Crippen LogP contribution in [0.5, 0.6) is 5.75 Å². The first-order chi connectivity index (χ1) is 12.0. The number of carbonyl (C=O) groups is 1. The summed E-state index contributed by atoms with van der Waals surface area (Å²) in [6, 6.07) is 6.12. The van der Waals surface area contributed by atoms with Crippen LogP contribution in [0.15, 0.2) is 18.2 Å². The second kappa shape index (κ2) is 6.15. The van der Waals surface area contributed by atoms with Gasteiger partial charge < -0.3 is 9.64 Å². The highest BCUT2D eigenvalue weighted by Crippen LogP contribution is 2.33. The molecule has 0 saturated carbocycles. The number of amides is 1. The molecule has 2 aromatic rings. The molecule has 7 heteroatoms. The van der Waals surface area contributed by atoms with Gasteiger partial charge in [0.15, 0.2) is 0 Å². The standard InChI is InChI=1S/C18H23N5O2/c1-12-11-25-16-5-4-14(8-15(16)21(3)18(12)24)9-22-6-7-23-17(10-22)19-13(2)20-23/h4-5,8,12H,6-7,9-11H2,1-3H3/t12-/m0/s1. The Kier molecular flexibility index (Phi) is 3.95. The highest BCUT2D eigenvalue weighted by molar-refractivity contribution is 5.96. The lowest BCUT2D eigenvalue weighted by Crippen LogP contribution is -2.34. The van der Waals surface area contributed by atoms with Gasteiger partial charge >= 0.3 is 0 Å². The van der Waals surface area contributed by atoms with Crippen LogP contribution in [0.25, 0.3) is 0 Å². The summed E-state index contributed by atoms with van der Waals surface area (Å²) < 4.78 is 7.79. The Morgan fingerprint density at radius 1 is 1.32 bits per heavy atom. The van der Waals surface area contributed by atoms with Crippen LogP contribution in [0.2, 0.25) is 0 Å². The van der Waals surface area contributed by atoms with E-state index in [4.69, 9.17) is 4.74 Å². The molecule has 0 radical (unpaired) electrons. The molecule has 1 amide bonds. The molecule has 3 heterocycles. The zero-order chi connectivity index (χ0) is 17.6. The van der Waals surface area contributed by atoms with Gasteiger partial charge in [0.05, 0.1) is 31.3 Å². The van der Waals surface area contributed by atoms with Crippen molar-refractivity contribution in [3.63, 3.8) is 0 Å².